The van der Waals surface area contributed by atoms with Crippen LogP contribution in [0.25, 0.3) is 0 Å². The van der Waals surface area contributed by atoms with Crippen molar-refractivity contribution in [1.82, 2.24) is 0 Å². The fraction of sp³-hybridized carbons (Fsp3) is 0.588. The second-order valence-corrected chi connectivity index (χ2v) is 6.02. The molecule has 3 nitrogen and oxygen atoms in total. The smallest absolute Gasteiger partial charge is 0.150 e. The monoisotopic (exact) mass is 274 g/mol. The second-order valence-electron chi connectivity index (χ2n) is 6.02. The minimum Gasteiger partial charge on any atom is -0.491 e. The molecule has 1 heterocycles. The van der Waals surface area contributed by atoms with Gasteiger partial charge in [0.05, 0.1) is 11.7 Å². The normalized spacial score (nSPS) is 24.7. The van der Waals surface area contributed by atoms with Gasteiger partial charge in [-0.15, -0.1) is 0 Å². The summed E-state index contributed by atoms with van der Waals surface area (Å²) in [6.07, 6.45) is 9.69. The summed E-state index contributed by atoms with van der Waals surface area (Å²) in [6.45, 7) is 0.587. The van der Waals surface area contributed by atoms with E-state index in [9.17, 15) is 4.79 Å². The van der Waals surface area contributed by atoms with Crippen LogP contribution in [0.4, 0.5) is 0 Å². The molecule has 1 aromatic carbocycles. The highest BCUT2D eigenvalue weighted by Crippen LogP contribution is 2.41. The quantitative estimate of drug-likeness (QED) is 0.784. The van der Waals surface area contributed by atoms with E-state index in [0.29, 0.717) is 12.2 Å². The molecule has 1 atom stereocenters. The number of ether oxygens (including phenoxy) is 2. The van der Waals surface area contributed by atoms with Crippen LogP contribution in [0.15, 0.2) is 24.3 Å². The van der Waals surface area contributed by atoms with Crippen LogP contribution in [0.3, 0.4) is 0 Å². The first-order chi connectivity index (χ1) is 9.80. The van der Waals surface area contributed by atoms with Gasteiger partial charge >= 0.3 is 0 Å². The Labute approximate surface area is 120 Å². The molecule has 1 aromatic rings. The molecule has 1 aliphatic carbocycles. The predicted molar refractivity (Wildman–Crippen MR) is 77.2 cm³/mol. The maximum absolute atomic E-state index is 10.7. The van der Waals surface area contributed by atoms with E-state index in [1.165, 1.54) is 38.5 Å². The van der Waals surface area contributed by atoms with Gasteiger partial charge in [-0.3, -0.25) is 4.79 Å². The van der Waals surface area contributed by atoms with Gasteiger partial charge in [0, 0.05) is 5.56 Å². The van der Waals surface area contributed by atoms with E-state index in [2.05, 4.69) is 0 Å². The average Bonchev–Trinajstić information content (AvgIpc) is 2.89. The summed E-state index contributed by atoms with van der Waals surface area (Å²) >= 11 is 0. The van der Waals surface area contributed by atoms with Crippen molar-refractivity contribution < 1.29 is 14.3 Å². The van der Waals surface area contributed by atoms with E-state index in [0.717, 1.165) is 18.5 Å². The summed E-state index contributed by atoms with van der Waals surface area (Å²) in [5.41, 5.74) is 0.801. The molecule has 0 radical (unpaired) electrons. The van der Waals surface area contributed by atoms with Gasteiger partial charge < -0.3 is 9.47 Å². The number of rotatable bonds is 4. The Morgan fingerprint density at radius 1 is 1.25 bits per heavy atom. The van der Waals surface area contributed by atoms with Crippen LogP contribution in [0, 0.1) is 0 Å². The van der Waals surface area contributed by atoms with E-state index < -0.39 is 0 Å². The van der Waals surface area contributed by atoms with Crippen molar-refractivity contribution in [2.75, 3.05) is 6.61 Å². The van der Waals surface area contributed by atoms with Gasteiger partial charge in [0.15, 0.2) is 0 Å². The largest absolute Gasteiger partial charge is 0.491 e. The van der Waals surface area contributed by atoms with E-state index in [1.54, 1.807) is 12.1 Å². The van der Waals surface area contributed by atoms with Crippen molar-refractivity contribution in [3.05, 3.63) is 29.8 Å². The number of hydrogen-bond donors (Lipinski definition) is 0. The first-order valence-corrected chi connectivity index (χ1v) is 7.66. The molecule has 1 saturated heterocycles. The zero-order valence-electron chi connectivity index (χ0n) is 11.8. The first kappa shape index (κ1) is 13.6. The summed E-state index contributed by atoms with van der Waals surface area (Å²) in [6, 6.07) is 7.29. The van der Waals surface area contributed by atoms with Crippen molar-refractivity contribution in [1.29, 1.82) is 0 Å². The average molecular weight is 274 g/mol. The van der Waals surface area contributed by atoms with Gasteiger partial charge in [-0.25, -0.2) is 0 Å². The van der Waals surface area contributed by atoms with Crippen LogP contribution in [0.5, 0.6) is 5.75 Å². The van der Waals surface area contributed by atoms with Crippen LogP contribution in [-0.4, -0.2) is 24.6 Å². The van der Waals surface area contributed by atoms with Crippen LogP contribution in [-0.2, 0) is 4.74 Å². The lowest BCUT2D eigenvalue weighted by Crippen LogP contribution is -2.32. The number of carbonyl (C=O) groups is 1. The minimum absolute atomic E-state index is 0.150. The highest BCUT2D eigenvalue weighted by Gasteiger charge is 2.40. The standard InChI is InChI=1S/C17H22O3/c18-12-14-5-4-6-15(11-14)19-13-16-7-10-17(20-16)8-2-1-3-9-17/h4-6,11-12,16H,1-3,7-10,13H2. The summed E-state index contributed by atoms with van der Waals surface area (Å²) in [7, 11) is 0. The lowest BCUT2D eigenvalue weighted by Gasteiger charge is -2.33. The first-order valence-electron chi connectivity index (χ1n) is 7.66. The van der Waals surface area contributed by atoms with E-state index in [4.69, 9.17) is 9.47 Å². The van der Waals surface area contributed by atoms with Crippen molar-refractivity contribution in [3.8, 4) is 5.75 Å². The van der Waals surface area contributed by atoms with Gasteiger partial charge in [0.1, 0.15) is 18.6 Å². The minimum atomic E-state index is 0.150. The summed E-state index contributed by atoms with van der Waals surface area (Å²) < 4.78 is 12.1. The van der Waals surface area contributed by atoms with Gasteiger partial charge in [-0.05, 0) is 37.8 Å². The third-order valence-corrected chi connectivity index (χ3v) is 4.53. The highest BCUT2D eigenvalue weighted by atomic mass is 16.6. The SMILES string of the molecule is O=Cc1cccc(OCC2CCC3(CCCCC3)O2)c1. The summed E-state index contributed by atoms with van der Waals surface area (Å²) in [5, 5.41) is 0. The van der Waals surface area contributed by atoms with E-state index in [-0.39, 0.29) is 11.7 Å². The van der Waals surface area contributed by atoms with Gasteiger partial charge in [0.25, 0.3) is 0 Å². The molecule has 0 bridgehead atoms. The molecular formula is C17H22O3. The van der Waals surface area contributed by atoms with Crippen LogP contribution in [0.2, 0.25) is 0 Å². The molecule has 0 N–H and O–H groups in total. The third kappa shape index (κ3) is 3.04. The predicted octanol–water partition coefficient (Wildman–Crippen LogP) is 3.76. The Morgan fingerprint density at radius 2 is 2.10 bits per heavy atom. The maximum atomic E-state index is 10.7. The molecule has 0 amide bonds. The van der Waals surface area contributed by atoms with Crippen LogP contribution in [0.1, 0.15) is 55.3 Å². The maximum Gasteiger partial charge on any atom is 0.150 e. The van der Waals surface area contributed by atoms with Crippen molar-refractivity contribution in [2.45, 2.75) is 56.7 Å². The van der Waals surface area contributed by atoms with Crippen molar-refractivity contribution in [3.63, 3.8) is 0 Å². The Morgan fingerprint density at radius 3 is 2.90 bits per heavy atom. The van der Waals surface area contributed by atoms with E-state index >= 15 is 0 Å². The molecule has 1 aliphatic heterocycles. The molecule has 3 heteroatoms. The molecule has 0 aromatic heterocycles. The van der Waals surface area contributed by atoms with Crippen molar-refractivity contribution >= 4 is 6.29 Å². The summed E-state index contributed by atoms with van der Waals surface area (Å²) in [4.78, 5) is 10.7. The second kappa shape index (κ2) is 5.96. The van der Waals surface area contributed by atoms with Crippen LogP contribution < -0.4 is 4.74 Å². The molecule has 2 fully saturated rings. The Bertz CT molecular complexity index is 463. The molecule has 1 unspecified atom stereocenters. The van der Waals surface area contributed by atoms with Crippen LogP contribution >= 0.6 is 0 Å². The topological polar surface area (TPSA) is 35.5 Å². The highest BCUT2D eigenvalue weighted by molar-refractivity contribution is 5.75. The molecule has 1 saturated carbocycles. The lowest BCUT2D eigenvalue weighted by atomic mass is 9.83. The lowest BCUT2D eigenvalue weighted by molar-refractivity contribution is -0.0748. The third-order valence-electron chi connectivity index (χ3n) is 4.53. The zero-order chi connectivity index (χ0) is 13.8. The zero-order valence-corrected chi connectivity index (χ0v) is 11.8. The fourth-order valence-electron chi connectivity index (χ4n) is 3.44. The molecule has 2 aliphatic rings. The molecule has 1 spiro atoms. The van der Waals surface area contributed by atoms with E-state index in [1.807, 2.05) is 12.1 Å². The number of hydrogen-bond acceptors (Lipinski definition) is 3. The molecular weight excluding hydrogens is 252 g/mol. The Balaban J connectivity index is 1.53. The molecule has 108 valence electrons. The summed E-state index contributed by atoms with van der Waals surface area (Å²) in [5.74, 6) is 0.753. The van der Waals surface area contributed by atoms with Gasteiger partial charge in [-0.1, -0.05) is 31.4 Å². The fourth-order valence-corrected chi connectivity index (χ4v) is 3.44. The van der Waals surface area contributed by atoms with Crippen molar-refractivity contribution in [2.24, 2.45) is 0 Å². The van der Waals surface area contributed by atoms with Gasteiger partial charge in [0.2, 0.25) is 0 Å². The number of carbonyl (C=O) groups excluding carboxylic acids is 1. The molecule has 20 heavy (non-hydrogen) atoms. The van der Waals surface area contributed by atoms with Gasteiger partial charge in [-0.2, -0.15) is 0 Å². The number of benzene rings is 1. The Kier molecular flexibility index (Phi) is 4.06. The number of aldehydes is 1. The molecule has 3 rings (SSSR count). The Hall–Kier alpha value is -1.35.